The summed E-state index contributed by atoms with van der Waals surface area (Å²) in [5.74, 6) is -1.18. The van der Waals surface area contributed by atoms with Crippen molar-refractivity contribution in [2.24, 2.45) is 5.73 Å². The maximum atomic E-state index is 12.3. The van der Waals surface area contributed by atoms with Crippen molar-refractivity contribution in [3.05, 3.63) is 56.9 Å². The van der Waals surface area contributed by atoms with Crippen molar-refractivity contribution >= 4 is 5.91 Å². The number of aromatic nitrogens is 1. The molecule has 0 fully saturated rings. The summed E-state index contributed by atoms with van der Waals surface area (Å²) in [5.41, 5.74) is 7.21. The fourth-order valence-corrected chi connectivity index (χ4v) is 2.12. The van der Waals surface area contributed by atoms with Gasteiger partial charge in [-0.25, -0.2) is 4.57 Å². The zero-order valence-electron chi connectivity index (χ0n) is 11.6. The monoisotopic (exact) mass is 272 g/mol. The number of aromatic hydroxyl groups is 1. The first kappa shape index (κ1) is 13.9. The highest BCUT2D eigenvalue weighted by molar-refractivity contribution is 5.97. The predicted octanol–water partition coefficient (Wildman–Crippen LogP) is 1.57. The third-order valence-corrected chi connectivity index (χ3v) is 3.44. The number of primary amides is 1. The van der Waals surface area contributed by atoms with Gasteiger partial charge in [0, 0.05) is 5.56 Å². The second-order valence-electron chi connectivity index (χ2n) is 4.79. The van der Waals surface area contributed by atoms with Gasteiger partial charge >= 0.3 is 0 Å². The third kappa shape index (κ3) is 2.07. The molecule has 104 valence electrons. The van der Waals surface area contributed by atoms with E-state index in [-0.39, 0.29) is 11.1 Å². The van der Waals surface area contributed by atoms with E-state index in [9.17, 15) is 14.7 Å². The van der Waals surface area contributed by atoms with Crippen molar-refractivity contribution < 1.29 is 9.90 Å². The Morgan fingerprint density at radius 3 is 2.15 bits per heavy atom. The van der Waals surface area contributed by atoms with E-state index >= 15 is 0 Å². The summed E-state index contributed by atoms with van der Waals surface area (Å²) in [6.07, 6.45) is 0. The number of rotatable bonds is 2. The molecule has 20 heavy (non-hydrogen) atoms. The average molecular weight is 272 g/mol. The van der Waals surface area contributed by atoms with Crippen LogP contribution in [-0.4, -0.2) is 15.6 Å². The smallest absolute Gasteiger partial charge is 0.261 e. The topological polar surface area (TPSA) is 85.3 Å². The molecule has 5 nitrogen and oxygen atoms in total. The first-order chi connectivity index (χ1) is 9.34. The van der Waals surface area contributed by atoms with Crippen LogP contribution in [-0.2, 0) is 0 Å². The number of carbonyl (C=O) groups excluding carboxylic acids is 1. The second kappa shape index (κ2) is 4.85. The van der Waals surface area contributed by atoms with Crippen molar-refractivity contribution in [2.75, 3.05) is 0 Å². The Hall–Kier alpha value is -2.56. The highest BCUT2D eigenvalue weighted by Crippen LogP contribution is 2.24. The molecule has 3 N–H and O–H groups in total. The van der Waals surface area contributed by atoms with Gasteiger partial charge in [0.25, 0.3) is 11.5 Å². The Labute approximate surface area is 116 Å². The molecule has 0 atom stereocenters. The van der Waals surface area contributed by atoms with Crippen LogP contribution in [0.4, 0.5) is 0 Å². The Morgan fingerprint density at radius 2 is 1.65 bits per heavy atom. The zero-order chi connectivity index (χ0) is 15.0. The molecule has 1 heterocycles. The number of aryl methyl sites for hydroxylation is 1. The molecule has 0 saturated heterocycles. The molecule has 1 amide bonds. The molecular weight excluding hydrogens is 256 g/mol. The average Bonchev–Trinajstić information content (AvgIpc) is 2.38. The minimum atomic E-state index is -0.760. The summed E-state index contributed by atoms with van der Waals surface area (Å²) in [5, 5.41) is 10.2. The number of nitrogens with two attached hydrogens (primary N) is 1. The highest BCUT2D eigenvalue weighted by atomic mass is 16.3. The zero-order valence-corrected chi connectivity index (χ0v) is 11.6. The second-order valence-corrected chi connectivity index (χ2v) is 4.79. The van der Waals surface area contributed by atoms with Gasteiger partial charge in [-0.3, -0.25) is 9.59 Å². The van der Waals surface area contributed by atoms with E-state index in [1.165, 1.54) is 0 Å². The van der Waals surface area contributed by atoms with Crippen LogP contribution >= 0.6 is 0 Å². The van der Waals surface area contributed by atoms with Gasteiger partial charge in [-0.2, -0.15) is 0 Å². The van der Waals surface area contributed by atoms with Crippen LogP contribution in [0.3, 0.4) is 0 Å². The molecule has 1 aromatic heterocycles. The molecule has 0 aliphatic rings. The van der Waals surface area contributed by atoms with Crippen LogP contribution in [0.5, 0.6) is 5.88 Å². The van der Waals surface area contributed by atoms with E-state index in [1.807, 2.05) is 19.1 Å². The lowest BCUT2D eigenvalue weighted by Gasteiger charge is -2.15. The maximum absolute atomic E-state index is 12.3. The van der Waals surface area contributed by atoms with Crippen molar-refractivity contribution in [1.29, 1.82) is 0 Å². The molecule has 0 aliphatic heterocycles. The minimum absolute atomic E-state index is 0.0253. The van der Waals surface area contributed by atoms with Crippen LogP contribution in [0, 0.1) is 20.8 Å². The first-order valence-electron chi connectivity index (χ1n) is 6.16. The van der Waals surface area contributed by atoms with Gasteiger partial charge in [-0.05, 0) is 38.5 Å². The predicted molar refractivity (Wildman–Crippen MR) is 76.4 cm³/mol. The Morgan fingerprint density at radius 1 is 1.10 bits per heavy atom. The summed E-state index contributed by atoms with van der Waals surface area (Å²) in [6, 6.07) is 7.05. The molecule has 2 aromatic rings. The lowest BCUT2D eigenvalue weighted by molar-refractivity contribution is 0.0996. The lowest BCUT2D eigenvalue weighted by atomic mass is 10.0. The number of amides is 1. The van der Waals surface area contributed by atoms with Crippen molar-refractivity contribution in [2.45, 2.75) is 20.8 Å². The fourth-order valence-electron chi connectivity index (χ4n) is 2.12. The molecule has 0 aliphatic carbocycles. The number of carbonyl (C=O) groups is 1. The van der Waals surface area contributed by atoms with Gasteiger partial charge in [0.2, 0.25) is 5.88 Å². The van der Waals surface area contributed by atoms with E-state index in [0.717, 1.165) is 10.1 Å². The van der Waals surface area contributed by atoms with Crippen molar-refractivity contribution in [3.63, 3.8) is 0 Å². The molecular formula is C15H16N2O3. The molecule has 1 aromatic carbocycles. The first-order valence-corrected chi connectivity index (χ1v) is 6.16. The number of benzene rings is 1. The molecule has 5 heteroatoms. The van der Waals surface area contributed by atoms with Gasteiger partial charge in [0.15, 0.2) is 0 Å². The summed E-state index contributed by atoms with van der Waals surface area (Å²) in [6.45, 7) is 5.12. The van der Waals surface area contributed by atoms with Crippen molar-refractivity contribution in [3.8, 4) is 11.6 Å². The summed E-state index contributed by atoms with van der Waals surface area (Å²) >= 11 is 0. The molecule has 0 saturated carbocycles. The third-order valence-electron chi connectivity index (χ3n) is 3.44. The normalized spacial score (nSPS) is 10.6. The van der Waals surface area contributed by atoms with Gasteiger partial charge < -0.3 is 10.8 Å². The van der Waals surface area contributed by atoms with Gasteiger partial charge in [0.05, 0.1) is 5.69 Å². The van der Waals surface area contributed by atoms with Crippen LogP contribution < -0.4 is 11.3 Å². The van der Waals surface area contributed by atoms with Gasteiger partial charge in [0.1, 0.15) is 5.56 Å². The highest BCUT2D eigenvalue weighted by Gasteiger charge is 2.20. The maximum Gasteiger partial charge on any atom is 0.261 e. The number of hydrogen-bond acceptors (Lipinski definition) is 3. The number of pyridine rings is 1. The number of nitrogens with zero attached hydrogens (tertiary/aromatic N) is 1. The molecule has 0 unspecified atom stereocenters. The molecule has 0 radical (unpaired) electrons. The van der Waals surface area contributed by atoms with Crippen LogP contribution in [0.15, 0.2) is 29.1 Å². The SMILES string of the molecule is Cc1ccc(-n2c(O)c(C(N)=O)c(C)c(C)c2=O)cc1. The number of hydrogen-bond donors (Lipinski definition) is 2. The summed E-state index contributed by atoms with van der Waals surface area (Å²) in [4.78, 5) is 23.8. The lowest BCUT2D eigenvalue weighted by Crippen LogP contribution is -2.26. The molecule has 2 rings (SSSR count). The van der Waals surface area contributed by atoms with E-state index in [1.54, 1.807) is 26.0 Å². The van der Waals surface area contributed by atoms with Crippen molar-refractivity contribution in [1.82, 2.24) is 4.57 Å². The van der Waals surface area contributed by atoms with E-state index in [4.69, 9.17) is 5.73 Å². The molecule has 0 bridgehead atoms. The standard InChI is InChI=1S/C15H16N2O3/c1-8-4-6-11(7-5-8)17-14(19)10(3)9(2)12(13(16)18)15(17)20/h4-7,20H,1-3H3,(H2,16,18). The summed E-state index contributed by atoms with van der Waals surface area (Å²) < 4.78 is 1.10. The Balaban J connectivity index is 2.86. The minimum Gasteiger partial charge on any atom is -0.494 e. The Bertz CT molecular complexity index is 743. The fraction of sp³-hybridized carbons (Fsp3) is 0.200. The van der Waals surface area contributed by atoms with Crippen LogP contribution in [0.25, 0.3) is 5.69 Å². The van der Waals surface area contributed by atoms with E-state index < -0.39 is 11.8 Å². The van der Waals surface area contributed by atoms with E-state index in [0.29, 0.717) is 16.8 Å². The van der Waals surface area contributed by atoms with Gasteiger partial charge in [-0.1, -0.05) is 17.7 Å². The summed E-state index contributed by atoms with van der Waals surface area (Å²) in [7, 11) is 0. The van der Waals surface area contributed by atoms with Crippen LogP contribution in [0.2, 0.25) is 0 Å². The Kier molecular flexibility index (Phi) is 3.36. The largest absolute Gasteiger partial charge is 0.494 e. The molecule has 0 spiro atoms. The van der Waals surface area contributed by atoms with E-state index in [2.05, 4.69) is 0 Å². The van der Waals surface area contributed by atoms with Gasteiger partial charge in [-0.15, -0.1) is 0 Å². The quantitative estimate of drug-likeness (QED) is 0.870. The van der Waals surface area contributed by atoms with Crippen LogP contribution in [0.1, 0.15) is 27.0 Å².